The van der Waals surface area contributed by atoms with Crippen LogP contribution in [0.25, 0.3) is 10.8 Å². The molecule has 0 aliphatic rings. The van der Waals surface area contributed by atoms with E-state index in [1.165, 1.54) is 19.2 Å². The van der Waals surface area contributed by atoms with Crippen LogP contribution in [0.4, 0.5) is 0 Å². The van der Waals surface area contributed by atoms with Gasteiger partial charge in [-0.05, 0) is 47.2 Å². The summed E-state index contributed by atoms with van der Waals surface area (Å²) in [5.74, 6) is 0.837. The number of fused-ring (bicyclic) bond motifs is 1. The topological polar surface area (TPSA) is 93.7 Å². The molecule has 0 saturated carbocycles. The summed E-state index contributed by atoms with van der Waals surface area (Å²) in [6, 6.07) is 19.5. The zero-order valence-electron chi connectivity index (χ0n) is 15.9. The fourth-order valence-corrected chi connectivity index (χ4v) is 3.71. The van der Waals surface area contributed by atoms with Gasteiger partial charge in [-0.25, -0.2) is 13.1 Å². The van der Waals surface area contributed by atoms with Crippen molar-refractivity contribution < 1.29 is 22.7 Å². The first-order valence-corrected chi connectivity index (χ1v) is 10.5. The van der Waals surface area contributed by atoms with Crippen molar-refractivity contribution in [2.24, 2.45) is 0 Å². The number of methoxy groups -OCH3 is 1. The Morgan fingerprint density at radius 2 is 1.59 bits per heavy atom. The molecule has 0 heterocycles. The standard InChI is InChI=1S/C21H22N2O5S/c1-27-18-8-10-20(11-9-18)29(25,26)23-13-12-22-21(24)15-28-19-7-6-16-4-2-3-5-17(16)14-19/h2-11,14,23H,12-13,15H2,1H3,(H,22,24). The fourth-order valence-electron chi connectivity index (χ4n) is 2.68. The van der Waals surface area contributed by atoms with Crippen molar-refractivity contribution in [2.75, 3.05) is 26.8 Å². The minimum Gasteiger partial charge on any atom is -0.497 e. The molecule has 3 aromatic carbocycles. The van der Waals surface area contributed by atoms with Gasteiger partial charge in [0.25, 0.3) is 5.91 Å². The Balaban J connectivity index is 1.42. The van der Waals surface area contributed by atoms with Crippen LogP contribution in [-0.4, -0.2) is 41.1 Å². The summed E-state index contributed by atoms with van der Waals surface area (Å²) in [7, 11) is -2.14. The molecule has 0 aromatic heterocycles. The second kappa shape index (κ2) is 9.40. The molecule has 2 N–H and O–H groups in total. The van der Waals surface area contributed by atoms with E-state index in [1.807, 2.05) is 36.4 Å². The second-order valence-corrected chi connectivity index (χ2v) is 7.99. The van der Waals surface area contributed by atoms with Crippen LogP contribution in [-0.2, 0) is 14.8 Å². The molecule has 0 saturated heterocycles. The molecule has 29 heavy (non-hydrogen) atoms. The van der Waals surface area contributed by atoms with Crippen molar-refractivity contribution in [2.45, 2.75) is 4.90 Å². The Morgan fingerprint density at radius 3 is 2.31 bits per heavy atom. The Kier molecular flexibility index (Phi) is 6.69. The molecule has 7 nitrogen and oxygen atoms in total. The van der Waals surface area contributed by atoms with Gasteiger partial charge in [0.15, 0.2) is 6.61 Å². The summed E-state index contributed by atoms with van der Waals surface area (Å²) in [4.78, 5) is 12.0. The van der Waals surface area contributed by atoms with Gasteiger partial charge in [-0.15, -0.1) is 0 Å². The summed E-state index contributed by atoms with van der Waals surface area (Å²) in [6.07, 6.45) is 0. The van der Waals surface area contributed by atoms with E-state index in [2.05, 4.69) is 10.0 Å². The van der Waals surface area contributed by atoms with Crippen molar-refractivity contribution in [3.63, 3.8) is 0 Å². The zero-order valence-corrected chi connectivity index (χ0v) is 16.7. The molecule has 0 atom stereocenters. The highest BCUT2D eigenvalue weighted by atomic mass is 32.2. The molecule has 0 aliphatic carbocycles. The number of carbonyl (C=O) groups excluding carboxylic acids is 1. The highest BCUT2D eigenvalue weighted by Gasteiger charge is 2.13. The molecule has 0 bridgehead atoms. The number of amides is 1. The molecule has 1 amide bonds. The Bertz CT molecular complexity index is 1080. The molecule has 0 aliphatic heterocycles. The molecule has 0 spiro atoms. The second-order valence-electron chi connectivity index (χ2n) is 6.22. The maximum absolute atomic E-state index is 12.2. The van der Waals surface area contributed by atoms with Crippen LogP contribution in [0, 0.1) is 0 Å². The lowest BCUT2D eigenvalue weighted by Gasteiger charge is -2.10. The van der Waals surface area contributed by atoms with Crippen LogP contribution in [0.2, 0.25) is 0 Å². The van der Waals surface area contributed by atoms with Crippen LogP contribution >= 0.6 is 0 Å². The van der Waals surface area contributed by atoms with Gasteiger partial charge in [-0.1, -0.05) is 30.3 Å². The van der Waals surface area contributed by atoms with E-state index in [0.717, 1.165) is 10.8 Å². The van der Waals surface area contributed by atoms with E-state index in [4.69, 9.17) is 9.47 Å². The summed E-state index contributed by atoms with van der Waals surface area (Å²) in [6.45, 7) is 0.0644. The largest absolute Gasteiger partial charge is 0.497 e. The molecule has 0 unspecified atom stereocenters. The van der Waals surface area contributed by atoms with Crippen molar-refractivity contribution in [1.29, 1.82) is 0 Å². The van der Waals surface area contributed by atoms with E-state index in [0.29, 0.717) is 11.5 Å². The number of nitrogens with one attached hydrogen (secondary N) is 2. The Hall–Kier alpha value is -3.10. The van der Waals surface area contributed by atoms with Crippen molar-refractivity contribution in [3.05, 3.63) is 66.7 Å². The average molecular weight is 414 g/mol. The van der Waals surface area contributed by atoms with Crippen LogP contribution in [0.3, 0.4) is 0 Å². The number of hydrogen-bond donors (Lipinski definition) is 2. The van der Waals surface area contributed by atoms with Gasteiger partial charge in [0.1, 0.15) is 11.5 Å². The van der Waals surface area contributed by atoms with Crippen LogP contribution in [0.15, 0.2) is 71.6 Å². The van der Waals surface area contributed by atoms with E-state index >= 15 is 0 Å². The third-order valence-corrected chi connectivity index (χ3v) is 5.68. The quantitative estimate of drug-likeness (QED) is 0.524. The van der Waals surface area contributed by atoms with Gasteiger partial charge < -0.3 is 14.8 Å². The number of carbonyl (C=O) groups is 1. The molecule has 0 fully saturated rings. The molecular formula is C21H22N2O5S. The maximum atomic E-state index is 12.2. The first-order chi connectivity index (χ1) is 14.0. The van der Waals surface area contributed by atoms with Crippen molar-refractivity contribution in [1.82, 2.24) is 10.0 Å². The third kappa shape index (κ3) is 5.69. The van der Waals surface area contributed by atoms with E-state index in [1.54, 1.807) is 18.2 Å². The van der Waals surface area contributed by atoms with E-state index in [9.17, 15) is 13.2 Å². The van der Waals surface area contributed by atoms with Crippen molar-refractivity contribution in [3.8, 4) is 11.5 Å². The zero-order chi connectivity index (χ0) is 20.7. The minimum absolute atomic E-state index is 0.0656. The van der Waals surface area contributed by atoms with Crippen LogP contribution < -0.4 is 19.5 Å². The third-order valence-electron chi connectivity index (χ3n) is 4.20. The molecule has 3 aromatic rings. The summed E-state index contributed by atoms with van der Waals surface area (Å²) in [5, 5.41) is 4.74. The van der Waals surface area contributed by atoms with Crippen LogP contribution in [0.1, 0.15) is 0 Å². The first-order valence-electron chi connectivity index (χ1n) is 9.00. The minimum atomic E-state index is -3.65. The van der Waals surface area contributed by atoms with E-state index in [-0.39, 0.29) is 30.5 Å². The maximum Gasteiger partial charge on any atom is 0.257 e. The molecule has 0 radical (unpaired) electrons. The van der Waals surface area contributed by atoms with Gasteiger partial charge in [-0.3, -0.25) is 4.79 Å². The molecule has 152 valence electrons. The number of rotatable bonds is 9. The predicted octanol–water partition coefficient (Wildman–Crippen LogP) is 2.32. The van der Waals surface area contributed by atoms with Gasteiger partial charge in [0, 0.05) is 13.1 Å². The van der Waals surface area contributed by atoms with Gasteiger partial charge in [0.05, 0.1) is 12.0 Å². The molecule has 3 rings (SSSR count). The fraction of sp³-hybridized carbons (Fsp3) is 0.190. The summed E-state index contributed by atoms with van der Waals surface area (Å²) >= 11 is 0. The number of ether oxygens (including phenoxy) is 2. The van der Waals surface area contributed by atoms with Gasteiger partial charge in [0.2, 0.25) is 10.0 Å². The van der Waals surface area contributed by atoms with Gasteiger partial charge >= 0.3 is 0 Å². The lowest BCUT2D eigenvalue weighted by molar-refractivity contribution is -0.123. The number of benzene rings is 3. The average Bonchev–Trinajstić information content (AvgIpc) is 2.75. The Labute approximate surface area is 169 Å². The van der Waals surface area contributed by atoms with Gasteiger partial charge in [-0.2, -0.15) is 0 Å². The summed E-state index contributed by atoms with van der Waals surface area (Å²) in [5.41, 5.74) is 0. The molecular weight excluding hydrogens is 392 g/mol. The first kappa shape index (κ1) is 20.6. The van der Waals surface area contributed by atoms with Crippen molar-refractivity contribution >= 4 is 26.7 Å². The highest BCUT2D eigenvalue weighted by Crippen LogP contribution is 2.20. The van der Waals surface area contributed by atoms with E-state index < -0.39 is 10.0 Å². The smallest absolute Gasteiger partial charge is 0.257 e. The highest BCUT2D eigenvalue weighted by molar-refractivity contribution is 7.89. The number of sulfonamides is 1. The number of hydrogen-bond acceptors (Lipinski definition) is 5. The SMILES string of the molecule is COc1ccc(S(=O)(=O)NCCNC(=O)COc2ccc3ccccc3c2)cc1. The van der Waals surface area contributed by atoms with Crippen LogP contribution in [0.5, 0.6) is 11.5 Å². The summed E-state index contributed by atoms with van der Waals surface area (Å²) < 4.78 is 37.4. The molecule has 8 heteroatoms. The Morgan fingerprint density at radius 1 is 0.897 bits per heavy atom. The predicted molar refractivity (Wildman–Crippen MR) is 111 cm³/mol. The monoisotopic (exact) mass is 414 g/mol. The normalized spacial score (nSPS) is 11.2. The lowest BCUT2D eigenvalue weighted by atomic mass is 10.1. The lowest BCUT2D eigenvalue weighted by Crippen LogP contribution is -2.36.